The highest BCUT2D eigenvalue weighted by Crippen LogP contribution is 2.14. The molecule has 0 aliphatic rings. The number of unbranched alkanes of at least 4 members (excludes halogenated alkanes) is 3. The molecule has 0 bridgehead atoms. The molecule has 1 aromatic carbocycles. The summed E-state index contributed by atoms with van der Waals surface area (Å²) in [6.45, 7) is 4.24. The molecule has 0 atom stereocenters. The minimum atomic E-state index is 0.905. The molecule has 16 heavy (non-hydrogen) atoms. The Morgan fingerprint density at radius 2 is 2.12 bits per heavy atom. The molecule has 0 aliphatic heterocycles. The minimum absolute atomic E-state index is 0.905. The lowest BCUT2D eigenvalue weighted by atomic mass is 10.2. The average Bonchev–Trinajstić information content (AvgIpc) is 2.34. The SMILES string of the molecule is C[CH]c1cccc(O/C=C/CCCCC)c1. The molecule has 0 aliphatic carbocycles. The van der Waals surface area contributed by atoms with Crippen molar-refractivity contribution in [1.82, 2.24) is 0 Å². The predicted molar refractivity (Wildman–Crippen MR) is 69.4 cm³/mol. The highest BCUT2D eigenvalue weighted by atomic mass is 16.5. The number of hydrogen-bond acceptors (Lipinski definition) is 1. The van der Waals surface area contributed by atoms with Crippen molar-refractivity contribution < 1.29 is 4.74 Å². The van der Waals surface area contributed by atoms with Crippen molar-refractivity contribution in [3.63, 3.8) is 0 Å². The Hall–Kier alpha value is -1.24. The average molecular weight is 217 g/mol. The van der Waals surface area contributed by atoms with E-state index in [4.69, 9.17) is 4.74 Å². The second-order valence-corrected chi connectivity index (χ2v) is 3.85. The zero-order valence-corrected chi connectivity index (χ0v) is 10.3. The van der Waals surface area contributed by atoms with Crippen molar-refractivity contribution in [3.05, 3.63) is 48.6 Å². The van der Waals surface area contributed by atoms with E-state index in [2.05, 4.69) is 25.5 Å². The van der Waals surface area contributed by atoms with Crippen LogP contribution in [0.15, 0.2) is 36.6 Å². The van der Waals surface area contributed by atoms with E-state index in [1.165, 1.54) is 24.8 Å². The monoisotopic (exact) mass is 217 g/mol. The maximum absolute atomic E-state index is 5.53. The van der Waals surface area contributed by atoms with Gasteiger partial charge in [-0.25, -0.2) is 0 Å². The largest absolute Gasteiger partial charge is 0.465 e. The van der Waals surface area contributed by atoms with Gasteiger partial charge in [0.15, 0.2) is 0 Å². The van der Waals surface area contributed by atoms with Crippen molar-refractivity contribution in [2.75, 3.05) is 0 Å². The Bertz CT molecular complexity index is 315. The lowest BCUT2D eigenvalue weighted by Gasteiger charge is -2.02. The van der Waals surface area contributed by atoms with Gasteiger partial charge in [-0.15, -0.1) is 0 Å². The van der Waals surface area contributed by atoms with E-state index in [1.54, 1.807) is 6.26 Å². The Morgan fingerprint density at radius 1 is 1.25 bits per heavy atom. The molecule has 0 N–H and O–H groups in total. The molecule has 0 unspecified atom stereocenters. The fourth-order valence-corrected chi connectivity index (χ4v) is 1.47. The van der Waals surface area contributed by atoms with E-state index in [0.29, 0.717) is 0 Å². The zero-order chi connectivity index (χ0) is 11.6. The second-order valence-electron chi connectivity index (χ2n) is 3.85. The molecule has 1 heteroatoms. The van der Waals surface area contributed by atoms with Gasteiger partial charge in [-0.1, -0.05) is 38.8 Å². The number of allylic oxidation sites excluding steroid dienone is 1. The standard InChI is InChI=1S/C15H21O/c1-3-5-6-7-8-12-16-15-11-9-10-14(4-2)13-15/h4,8-13H,3,5-7H2,1-2H3/b12-8+. The number of ether oxygens (including phenoxy) is 1. The van der Waals surface area contributed by atoms with E-state index in [-0.39, 0.29) is 0 Å². The quantitative estimate of drug-likeness (QED) is 0.474. The van der Waals surface area contributed by atoms with Gasteiger partial charge in [-0.3, -0.25) is 0 Å². The first kappa shape index (κ1) is 12.8. The van der Waals surface area contributed by atoms with Crippen LogP contribution in [0.5, 0.6) is 5.75 Å². The summed E-state index contributed by atoms with van der Waals surface area (Å²) in [7, 11) is 0. The van der Waals surface area contributed by atoms with Gasteiger partial charge in [0.2, 0.25) is 0 Å². The lowest BCUT2D eigenvalue weighted by molar-refractivity contribution is 0.477. The molecular weight excluding hydrogens is 196 g/mol. The van der Waals surface area contributed by atoms with Crippen LogP contribution in [0.4, 0.5) is 0 Å². The normalized spacial score (nSPS) is 10.9. The maximum Gasteiger partial charge on any atom is 0.126 e. The summed E-state index contributed by atoms with van der Waals surface area (Å²) in [6.07, 6.45) is 10.9. The molecule has 0 saturated heterocycles. The van der Waals surface area contributed by atoms with E-state index in [1.807, 2.05) is 25.1 Å². The summed E-state index contributed by atoms with van der Waals surface area (Å²) in [5.41, 5.74) is 1.19. The van der Waals surface area contributed by atoms with E-state index in [9.17, 15) is 0 Å². The predicted octanol–water partition coefficient (Wildman–Crippen LogP) is 4.73. The molecule has 1 nitrogen and oxygen atoms in total. The van der Waals surface area contributed by atoms with Crippen LogP contribution in [0.1, 0.15) is 45.1 Å². The van der Waals surface area contributed by atoms with Crippen LogP contribution in [-0.4, -0.2) is 0 Å². The Kier molecular flexibility index (Phi) is 6.39. The highest BCUT2D eigenvalue weighted by molar-refractivity contribution is 5.32. The van der Waals surface area contributed by atoms with E-state index < -0.39 is 0 Å². The third-order valence-corrected chi connectivity index (χ3v) is 2.47. The van der Waals surface area contributed by atoms with Gasteiger partial charge in [0.1, 0.15) is 5.75 Å². The first-order chi connectivity index (χ1) is 7.86. The van der Waals surface area contributed by atoms with Gasteiger partial charge in [0.05, 0.1) is 6.26 Å². The Labute approximate surface area is 99.1 Å². The first-order valence-electron chi connectivity index (χ1n) is 6.08. The molecular formula is C15H21O. The molecule has 0 spiro atoms. The van der Waals surface area contributed by atoms with Gasteiger partial charge in [0, 0.05) is 0 Å². The Morgan fingerprint density at radius 3 is 2.88 bits per heavy atom. The van der Waals surface area contributed by atoms with Crippen LogP contribution in [0.2, 0.25) is 0 Å². The van der Waals surface area contributed by atoms with Crippen LogP contribution in [0, 0.1) is 6.42 Å². The number of rotatable bonds is 7. The molecule has 0 amide bonds. The van der Waals surface area contributed by atoms with E-state index in [0.717, 1.165) is 12.2 Å². The third-order valence-electron chi connectivity index (χ3n) is 2.47. The molecule has 0 fully saturated rings. The summed E-state index contributed by atoms with van der Waals surface area (Å²) in [6, 6.07) is 8.09. The number of hydrogen-bond donors (Lipinski definition) is 0. The van der Waals surface area contributed by atoms with Crippen molar-refractivity contribution in [1.29, 1.82) is 0 Å². The van der Waals surface area contributed by atoms with Crippen molar-refractivity contribution in [2.45, 2.75) is 39.5 Å². The van der Waals surface area contributed by atoms with Crippen LogP contribution in [0.3, 0.4) is 0 Å². The molecule has 0 saturated carbocycles. The maximum atomic E-state index is 5.53. The summed E-state index contributed by atoms with van der Waals surface area (Å²) in [5, 5.41) is 0. The summed E-state index contributed by atoms with van der Waals surface area (Å²) in [5.74, 6) is 0.905. The van der Waals surface area contributed by atoms with Gasteiger partial charge < -0.3 is 4.74 Å². The molecule has 87 valence electrons. The van der Waals surface area contributed by atoms with Crippen molar-refractivity contribution in [2.24, 2.45) is 0 Å². The lowest BCUT2D eigenvalue weighted by Crippen LogP contribution is -1.84. The third kappa shape index (κ3) is 5.01. The van der Waals surface area contributed by atoms with Crippen LogP contribution in [0.25, 0.3) is 0 Å². The summed E-state index contributed by atoms with van der Waals surface area (Å²) in [4.78, 5) is 0. The fourth-order valence-electron chi connectivity index (χ4n) is 1.47. The van der Waals surface area contributed by atoms with Gasteiger partial charge >= 0.3 is 0 Å². The zero-order valence-electron chi connectivity index (χ0n) is 10.3. The minimum Gasteiger partial charge on any atom is -0.465 e. The Balaban J connectivity index is 2.30. The van der Waals surface area contributed by atoms with Gasteiger partial charge in [-0.05, 0) is 43.0 Å². The molecule has 0 aromatic heterocycles. The van der Waals surface area contributed by atoms with Crippen LogP contribution < -0.4 is 4.74 Å². The van der Waals surface area contributed by atoms with Gasteiger partial charge in [-0.2, -0.15) is 0 Å². The fraction of sp³-hybridized carbons (Fsp3) is 0.400. The van der Waals surface area contributed by atoms with Crippen molar-refractivity contribution in [3.8, 4) is 5.75 Å². The van der Waals surface area contributed by atoms with E-state index >= 15 is 0 Å². The smallest absolute Gasteiger partial charge is 0.126 e. The summed E-state index contributed by atoms with van der Waals surface area (Å²) < 4.78 is 5.53. The van der Waals surface area contributed by atoms with Crippen LogP contribution >= 0.6 is 0 Å². The molecule has 1 rings (SSSR count). The van der Waals surface area contributed by atoms with Crippen molar-refractivity contribution >= 4 is 0 Å². The van der Waals surface area contributed by atoms with Gasteiger partial charge in [0.25, 0.3) is 0 Å². The first-order valence-corrected chi connectivity index (χ1v) is 6.08. The molecule has 1 aromatic rings. The highest BCUT2D eigenvalue weighted by Gasteiger charge is 1.92. The molecule has 1 radical (unpaired) electrons. The van der Waals surface area contributed by atoms with Crippen LogP contribution in [-0.2, 0) is 0 Å². The topological polar surface area (TPSA) is 9.23 Å². The molecule has 0 heterocycles. The number of benzene rings is 1. The second kappa shape index (κ2) is 7.98. The summed E-state index contributed by atoms with van der Waals surface area (Å²) >= 11 is 0.